The number of hydrogen-bond donors (Lipinski definition) is 0. The Morgan fingerprint density at radius 2 is 2.36 bits per heavy atom. The predicted molar refractivity (Wildman–Crippen MR) is 60.4 cm³/mol. The van der Waals surface area contributed by atoms with E-state index in [4.69, 9.17) is 4.74 Å². The largest absolute Gasteiger partial charge is 0.373 e. The number of piperidine rings is 1. The zero-order valence-corrected chi connectivity index (χ0v) is 9.54. The summed E-state index contributed by atoms with van der Waals surface area (Å²) < 4.78 is 5.68. The lowest BCUT2D eigenvalue weighted by Crippen LogP contribution is -2.41. The van der Waals surface area contributed by atoms with Crippen molar-refractivity contribution in [1.29, 1.82) is 0 Å². The van der Waals surface area contributed by atoms with Crippen LogP contribution in [0.15, 0.2) is 12.7 Å². The van der Waals surface area contributed by atoms with Crippen molar-refractivity contribution >= 4 is 0 Å². The highest BCUT2D eigenvalue weighted by Crippen LogP contribution is 2.14. The lowest BCUT2D eigenvalue weighted by atomic mass is 10.1. The van der Waals surface area contributed by atoms with Crippen LogP contribution in [0.3, 0.4) is 0 Å². The maximum atomic E-state index is 5.68. The van der Waals surface area contributed by atoms with E-state index in [2.05, 4.69) is 25.3 Å². The first-order valence-electron chi connectivity index (χ1n) is 5.67. The molecule has 2 nitrogen and oxygen atoms in total. The Morgan fingerprint density at radius 3 is 3.00 bits per heavy atom. The van der Waals surface area contributed by atoms with E-state index in [9.17, 15) is 0 Å². The van der Waals surface area contributed by atoms with Gasteiger partial charge in [-0.05, 0) is 25.3 Å². The molecule has 0 bridgehead atoms. The average Bonchev–Trinajstić information content (AvgIpc) is 2.14. The maximum absolute atomic E-state index is 5.68. The highest BCUT2D eigenvalue weighted by Gasteiger charge is 2.20. The van der Waals surface area contributed by atoms with Crippen molar-refractivity contribution < 1.29 is 4.74 Å². The van der Waals surface area contributed by atoms with Gasteiger partial charge in [0.05, 0.1) is 12.7 Å². The lowest BCUT2D eigenvalue weighted by Gasteiger charge is -2.33. The van der Waals surface area contributed by atoms with Crippen LogP contribution >= 0.6 is 0 Å². The summed E-state index contributed by atoms with van der Waals surface area (Å²) in [6.45, 7) is 12.5. The van der Waals surface area contributed by atoms with Crippen molar-refractivity contribution in [1.82, 2.24) is 4.90 Å². The molecule has 82 valence electrons. The fraction of sp³-hybridized carbons (Fsp3) is 0.833. The summed E-state index contributed by atoms with van der Waals surface area (Å²) in [7, 11) is 0. The Morgan fingerprint density at radius 1 is 1.57 bits per heavy atom. The Hall–Kier alpha value is -0.340. The minimum Gasteiger partial charge on any atom is -0.373 e. The van der Waals surface area contributed by atoms with Crippen LogP contribution in [0.2, 0.25) is 0 Å². The van der Waals surface area contributed by atoms with Crippen LogP contribution < -0.4 is 0 Å². The minimum absolute atomic E-state index is 0.431. The van der Waals surface area contributed by atoms with Gasteiger partial charge in [-0.25, -0.2) is 0 Å². The molecule has 1 aliphatic heterocycles. The predicted octanol–water partition coefficient (Wildman–Crippen LogP) is 2.31. The molecule has 0 aromatic heterocycles. The van der Waals surface area contributed by atoms with Gasteiger partial charge in [0.15, 0.2) is 0 Å². The zero-order chi connectivity index (χ0) is 10.4. The highest BCUT2D eigenvalue weighted by atomic mass is 16.5. The van der Waals surface area contributed by atoms with Crippen LogP contribution in [0, 0.1) is 5.92 Å². The summed E-state index contributed by atoms with van der Waals surface area (Å²) in [5.41, 5.74) is 0. The molecule has 0 amide bonds. The van der Waals surface area contributed by atoms with Gasteiger partial charge in [-0.3, -0.25) is 0 Å². The van der Waals surface area contributed by atoms with Crippen molar-refractivity contribution in [2.45, 2.75) is 32.8 Å². The molecule has 1 heterocycles. The molecular weight excluding hydrogens is 174 g/mol. The first-order chi connectivity index (χ1) is 6.72. The molecular formula is C12H23NO. The molecule has 1 saturated heterocycles. The minimum atomic E-state index is 0.431. The topological polar surface area (TPSA) is 12.5 Å². The molecule has 0 aromatic rings. The van der Waals surface area contributed by atoms with Crippen molar-refractivity contribution in [3.05, 3.63) is 12.7 Å². The van der Waals surface area contributed by atoms with Gasteiger partial charge in [0.2, 0.25) is 0 Å². The summed E-state index contributed by atoms with van der Waals surface area (Å²) in [5.74, 6) is 0.758. The first-order valence-corrected chi connectivity index (χ1v) is 5.67. The van der Waals surface area contributed by atoms with E-state index in [1.54, 1.807) is 0 Å². The number of likely N-dealkylation sites (tertiary alicyclic amines) is 1. The van der Waals surface area contributed by atoms with Gasteiger partial charge in [-0.2, -0.15) is 0 Å². The van der Waals surface area contributed by atoms with Gasteiger partial charge in [0, 0.05) is 13.1 Å². The van der Waals surface area contributed by atoms with Crippen molar-refractivity contribution in [2.75, 3.05) is 26.2 Å². The van der Waals surface area contributed by atoms with Gasteiger partial charge in [-0.1, -0.05) is 19.9 Å². The molecule has 0 spiro atoms. The summed E-state index contributed by atoms with van der Waals surface area (Å²) in [4.78, 5) is 2.52. The van der Waals surface area contributed by atoms with Crippen LogP contribution in [0.1, 0.15) is 26.7 Å². The van der Waals surface area contributed by atoms with E-state index in [0.717, 1.165) is 12.5 Å². The van der Waals surface area contributed by atoms with Gasteiger partial charge < -0.3 is 9.64 Å². The molecule has 14 heavy (non-hydrogen) atoms. The average molecular weight is 197 g/mol. The fourth-order valence-corrected chi connectivity index (χ4v) is 2.04. The third-order valence-electron chi connectivity index (χ3n) is 2.54. The molecule has 1 fully saturated rings. The van der Waals surface area contributed by atoms with E-state index in [0.29, 0.717) is 12.7 Å². The number of hydrogen-bond acceptors (Lipinski definition) is 2. The normalized spacial score (nSPS) is 24.1. The number of ether oxygens (including phenoxy) is 1. The van der Waals surface area contributed by atoms with Gasteiger partial charge in [0.25, 0.3) is 0 Å². The summed E-state index contributed by atoms with van der Waals surface area (Å²) in [5, 5.41) is 0. The Kier molecular flexibility index (Phi) is 5.20. The van der Waals surface area contributed by atoms with Crippen molar-refractivity contribution in [2.24, 2.45) is 5.92 Å². The van der Waals surface area contributed by atoms with Crippen molar-refractivity contribution in [3.63, 3.8) is 0 Å². The van der Waals surface area contributed by atoms with Gasteiger partial charge in [-0.15, -0.1) is 6.58 Å². The number of rotatable bonds is 5. The molecule has 1 unspecified atom stereocenters. The van der Waals surface area contributed by atoms with Crippen LogP contribution in [0.25, 0.3) is 0 Å². The Balaban J connectivity index is 2.24. The maximum Gasteiger partial charge on any atom is 0.0706 e. The van der Waals surface area contributed by atoms with Crippen LogP contribution in [0.5, 0.6) is 0 Å². The molecule has 0 radical (unpaired) electrons. The van der Waals surface area contributed by atoms with E-state index < -0.39 is 0 Å². The van der Waals surface area contributed by atoms with E-state index >= 15 is 0 Å². The fourth-order valence-electron chi connectivity index (χ4n) is 2.04. The first kappa shape index (κ1) is 11.7. The van der Waals surface area contributed by atoms with Crippen LogP contribution in [-0.4, -0.2) is 37.2 Å². The quantitative estimate of drug-likeness (QED) is 0.627. The van der Waals surface area contributed by atoms with Gasteiger partial charge in [0.1, 0.15) is 0 Å². The molecule has 1 aliphatic rings. The molecule has 0 aliphatic carbocycles. The lowest BCUT2D eigenvalue weighted by molar-refractivity contribution is 0.0103. The molecule has 2 heteroatoms. The monoisotopic (exact) mass is 197 g/mol. The SMILES string of the molecule is C=CCOC1CCCN(CC(C)C)C1. The van der Waals surface area contributed by atoms with Crippen LogP contribution in [-0.2, 0) is 4.74 Å². The molecule has 1 atom stereocenters. The summed E-state index contributed by atoms with van der Waals surface area (Å²) in [6.07, 6.45) is 4.75. The van der Waals surface area contributed by atoms with E-state index in [1.165, 1.54) is 25.9 Å². The van der Waals surface area contributed by atoms with Gasteiger partial charge >= 0.3 is 0 Å². The molecule has 0 N–H and O–H groups in total. The molecule has 0 saturated carbocycles. The standard InChI is InChI=1S/C12H23NO/c1-4-8-14-12-6-5-7-13(10-12)9-11(2)3/h4,11-12H,1,5-10H2,2-3H3. The van der Waals surface area contributed by atoms with E-state index in [1.807, 2.05) is 6.08 Å². The highest BCUT2D eigenvalue weighted by molar-refractivity contribution is 4.75. The summed E-state index contributed by atoms with van der Waals surface area (Å²) in [6, 6.07) is 0. The molecule has 0 aromatic carbocycles. The Labute approximate surface area is 87.9 Å². The summed E-state index contributed by atoms with van der Waals surface area (Å²) >= 11 is 0. The third kappa shape index (κ3) is 4.25. The second kappa shape index (κ2) is 6.20. The van der Waals surface area contributed by atoms with Crippen molar-refractivity contribution in [3.8, 4) is 0 Å². The Bertz CT molecular complexity index is 168. The smallest absolute Gasteiger partial charge is 0.0706 e. The number of nitrogens with zero attached hydrogens (tertiary/aromatic N) is 1. The second-order valence-electron chi connectivity index (χ2n) is 4.54. The molecule has 1 rings (SSSR count). The second-order valence-corrected chi connectivity index (χ2v) is 4.54. The zero-order valence-electron chi connectivity index (χ0n) is 9.54. The third-order valence-corrected chi connectivity index (χ3v) is 2.54. The van der Waals surface area contributed by atoms with E-state index in [-0.39, 0.29) is 0 Å². The van der Waals surface area contributed by atoms with Crippen LogP contribution in [0.4, 0.5) is 0 Å².